The zero-order valence-electron chi connectivity index (χ0n) is 17.5. The van der Waals surface area contributed by atoms with Crippen molar-refractivity contribution in [1.82, 2.24) is 15.0 Å². The Bertz CT molecular complexity index is 934. The Kier molecular flexibility index (Phi) is 6.00. The number of aromatic nitrogens is 2. The standard InChI is InChI=1S/C22H27N5O3/c1-15(2)22(28)27-7-5-16(6-8-27)20-24-21(30-25-20)17-3-4-18(14-23)19(13-17)26-9-11-29-12-10-26/h3-4,13,15-16H,5-12H2,1-2H3. The van der Waals surface area contributed by atoms with Crippen LogP contribution in [0.1, 0.15) is 44.0 Å². The minimum Gasteiger partial charge on any atom is -0.378 e. The average Bonchev–Trinajstić information content (AvgIpc) is 3.29. The number of morpholine rings is 1. The van der Waals surface area contributed by atoms with Crippen LogP contribution in [0.4, 0.5) is 5.69 Å². The van der Waals surface area contributed by atoms with Gasteiger partial charge in [-0.25, -0.2) is 0 Å². The van der Waals surface area contributed by atoms with Crippen LogP contribution in [-0.2, 0) is 9.53 Å². The quantitative estimate of drug-likeness (QED) is 0.766. The van der Waals surface area contributed by atoms with Crippen LogP contribution in [0, 0.1) is 17.2 Å². The SMILES string of the molecule is CC(C)C(=O)N1CCC(c2noc(-c3ccc(C#N)c(N4CCOCC4)c3)n2)CC1. The Labute approximate surface area is 176 Å². The van der Waals surface area contributed by atoms with Crippen LogP contribution in [0.15, 0.2) is 22.7 Å². The topological polar surface area (TPSA) is 95.5 Å². The average molecular weight is 409 g/mol. The van der Waals surface area contributed by atoms with Crippen LogP contribution in [0.5, 0.6) is 0 Å². The van der Waals surface area contributed by atoms with Crippen LogP contribution in [0.3, 0.4) is 0 Å². The van der Waals surface area contributed by atoms with Gasteiger partial charge in [-0.15, -0.1) is 0 Å². The number of rotatable bonds is 4. The molecule has 2 aliphatic rings. The zero-order valence-corrected chi connectivity index (χ0v) is 17.5. The number of anilines is 1. The van der Waals surface area contributed by atoms with Crippen molar-refractivity contribution >= 4 is 11.6 Å². The third-order valence-corrected chi connectivity index (χ3v) is 5.82. The largest absolute Gasteiger partial charge is 0.378 e. The summed E-state index contributed by atoms with van der Waals surface area (Å²) < 4.78 is 11.0. The van der Waals surface area contributed by atoms with E-state index in [4.69, 9.17) is 9.26 Å². The van der Waals surface area contributed by atoms with Crippen LogP contribution in [-0.4, -0.2) is 60.3 Å². The molecular weight excluding hydrogens is 382 g/mol. The molecule has 2 aromatic rings. The van der Waals surface area contributed by atoms with Gasteiger partial charge in [0, 0.05) is 43.6 Å². The van der Waals surface area contributed by atoms with Crippen molar-refractivity contribution in [2.24, 2.45) is 5.92 Å². The van der Waals surface area contributed by atoms with Gasteiger partial charge in [-0.2, -0.15) is 10.2 Å². The highest BCUT2D eigenvalue weighted by Gasteiger charge is 2.28. The molecule has 2 fully saturated rings. The van der Waals surface area contributed by atoms with E-state index in [1.807, 2.05) is 30.9 Å². The lowest BCUT2D eigenvalue weighted by molar-refractivity contribution is -0.135. The predicted octanol–water partition coefficient (Wildman–Crippen LogP) is 2.81. The van der Waals surface area contributed by atoms with Gasteiger partial charge in [-0.05, 0) is 31.0 Å². The first-order valence-corrected chi connectivity index (χ1v) is 10.6. The predicted molar refractivity (Wildman–Crippen MR) is 111 cm³/mol. The van der Waals surface area contributed by atoms with Crippen LogP contribution < -0.4 is 4.90 Å². The summed E-state index contributed by atoms with van der Waals surface area (Å²) in [5.74, 6) is 1.57. The molecule has 0 unspecified atom stereocenters. The monoisotopic (exact) mass is 409 g/mol. The van der Waals surface area contributed by atoms with Crippen molar-refractivity contribution in [3.63, 3.8) is 0 Å². The van der Waals surface area contributed by atoms with Crippen LogP contribution in [0.25, 0.3) is 11.5 Å². The lowest BCUT2D eigenvalue weighted by atomic mass is 9.95. The van der Waals surface area contributed by atoms with Crippen molar-refractivity contribution in [2.75, 3.05) is 44.3 Å². The number of hydrogen-bond donors (Lipinski definition) is 0. The lowest BCUT2D eigenvalue weighted by Crippen LogP contribution is -2.40. The maximum Gasteiger partial charge on any atom is 0.258 e. The molecule has 0 spiro atoms. The molecule has 2 aliphatic heterocycles. The van der Waals surface area contributed by atoms with Gasteiger partial charge in [-0.3, -0.25) is 4.79 Å². The molecule has 158 valence electrons. The van der Waals surface area contributed by atoms with Crippen molar-refractivity contribution < 1.29 is 14.1 Å². The third-order valence-electron chi connectivity index (χ3n) is 5.82. The number of piperidine rings is 1. The normalized spacial score (nSPS) is 17.9. The van der Waals surface area contributed by atoms with E-state index in [2.05, 4.69) is 21.1 Å². The highest BCUT2D eigenvalue weighted by molar-refractivity contribution is 5.78. The molecule has 0 bridgehead atoms. The molecule has 1 aromatic heterocycles. The minimum atomic E-state index is 0.0235. The summed E-state index contributed by atoms with van der Waals surface area (Å²) in [5, 5.41) is 13.7. The Morgan fingerprint density at radius 1 is 1.20 bits per heavy atom. The van der Waals surface area contributed by atoms with Gasteiger partial charge in [0.05, 0.1) is 24.5 Å². The van der Waals surface area contributed by atoms with E-state index >= 15 is 0 Å². The van der Waals surface area contributed by atoms with Gasteiger partial charge >= 0.3 is 0 Å². The van der Waals surface area contributed by atoms with Gasteiger partial charge in [0.1, 0.15) is 6.07 Å². The van der Waals surface area contributed by atoms with Crippen LogP contribution >= 0.6 is 0 Å². The Balaban J connectivity index is 1.49. The summed E-state index contributed by atoms with van der Waals surface area (Å²) in [7, 11) is 0. The molecule has 1 amide bonds. The Morgan fingerprint density at radius 2 is 1.93 bits per heavy atom. The molecule has 0 aliphatic carbocycles. The number of carbonyl (C=O) groups is 1. The second-order valence-corrected chi connectivity index (χ2v) is 8.16. The van der Waals surface area contributed by atoms with E-state index in [0.29, 0.717) is 30.5 Å². The van der Waals surface area contributed by atoms with E-state index in [1.165, 1.54) is 0 Å². The number of nitriles is 1. The summed E-state index contributed by atoms with van der Waals surface area (Å²) in [6, 6.07) is 7.87. The van der Waals surface area contributed by atoms with Crippen molar-refractivity contribution in [3.8, 4) is 17.5 Å². The highest BCUT2D eigenvalue weighted by Crippen LogP contribution is 2.31. The van der Waals surface area contributed by atoms with Gasteiger partial charge in [0.2, 0.25) is 5.91 Å². The molecule has 0 N–H and O–H groups in total. The van der Waals surface area contributed by atoms with Gasteiger partial charge in [0.15, 0.2) is 5.82 Å². The summed E-state index contributed by atoms with van der Waals surface area (Å²) >= 11 is 0. The summed E-state index contributed by atoms with van der Waals surface area (Å²) in [6.07, 6.45) is 1.67. The summed E-state index contributed by atoms with van der Waals surface area (Å²) in [4.78, 5) is 20.9. The Morgan fingerprint density at radius 3 is 2.60 bits per heavy atom. The smallest absolute Gasteiger partial charge is 0.258 e. The molecule has 0 radical (unpaired) electrons. The fourth-order valence-electron chi connectivity index (χ4n) is 4.07. The molecule has 0 saturated carbocycles. The maximum atomic E-state index is 12.2. The number of hydrogen-bond acceptors (Lipinski definition) is 7. The molecule has 8 heteroatoms. The number of nitrogens with zero attached hydrogens (tertiary/aromatic N) is 5. The van der Waals surface area contributed by atoms with E-state index in [1.54, 1.807) is 6.07 Å². The molecule has 3 heterocycles. The Hall–Kier alpha value is -2.92. The van der Waals surface area contributed by atoms with E-state index < -0.39 is 0 Å². The number of amides is 1. The number of likely N-dealkylation sites (tertiary alicyclic amines) is 1. The van der Waals surface area contributed by atoms with Crippen molar-refractivity contribution in [2.45, 2.75) is 32.6 Å². The fraction of sp³-hybridized carbons (Fsp3) is 0.545. The van der Waals surface area contributed by atoms with E-state index in [-0.39, 0.29) is 17.7 Å². The second kappa shape index (κ2) is 8.84. The highest BCUT2D eigenvalue weighted by atomic mass is 16.5. The van der Waals surface area contributed by atoms with Gasteiger partial charge in [-0.1, -0.05) is 19.0 Å². The molecule has 0 atom stereocenters. The summed E-state index contributed by atoms with van der Waals surface area (Å²) in [5.41, 5.74) is 2.31. The number of benzene rings is 1. The third kappa shape index (κ3) is 4.17. The van der Waals surface area contributed by atoms with E-state index in [0.717, 1.165) is 50.3 Å². The minimum absolute atomic E-state index is 0.0235. The van der Waals surface area contributed by atoms with Gasteiger partial charge < -0.3 is 19.1 Å². The molecule has 8 nitrogen and oxygen atoms in total. The molecular formula is C22H27N5O3. The number of carbonyl (C=O) groups excluding carboxylic acids is 1. The number of ether oxygens (including phenoxy) is 1. The van der Waals surface area contributed by atoms with Gasteiger partial charge in [0.25, 0.3) is 5.89 Å². The first kappa shape index (κ1) is 20.4. The zero-order chi connectivity index (χ0) is 21.1. The van der Waals surface area contributed by atoms with Crippen molar-refractivity contribution in [3.05, 3.63) is 29.6 Å². The van der Waals surface area contributed by atoms with E-state index in [9.17, 15) is 10.1 Å². The molecule has 4 rings (SSSR count). The molecule has 30 heavy (non-hydrogen) atoms. The van der Waals surface area contributed by atoms with Crippen molar-refractivity contribution in [1.29, 1.82) is 5.26 Å². The fourth-order valence-corrected chi connectivity index (χ4v) is 4.07. The first-order valence-electron chi connectivity index (χ1n) is 10.6. The lowest BCUT2D eigenvalue weighted by Gasteiger charge is -2.31. The molecule has 1 aromatic carbocycles. The summed E-state index contributed by atoms with van der Waals surface area (Å²) in [6.45, 7) is 8.12. The molecule has 2 saturated heterocycles. The van der Waals surface area contributed by atoms with Crippen LogP contribution in [0.2, 0.25) is 0 Å². The second-order valence-electron chi connectivity index (χ2n) is 8.16. The maximum absolute atomic E-state index is 12.2. The first-order chi connectivity index (χ1) is 14.6.